The summed E-state index contributed by atoms with van der Waals surface area (Å²) < 4.78 is 11.6. The van der Waals surface area contributed by atoms with Crippen LogP contribution >= 0.6 is 15.9 Å². The highest BCUT2D eigenvalue weighted by atomic mass is 79.9. The van der Waals surface area contributed by atoms with Gasteiger partial charge in [0, 0.05) is 10.5 Å². The van der Waals surface area contributed by atoms with Crippen LogP contribution in [0.15, 0.2) is 16.6 Å². The summed E-state index contributed by atoms with van der Waals surface area (Å²) in [6.45, 7) is 0. The smallest absolute Gasteiger partial charge is 0.161 e. The molecule has 100 valence electrons. The van der Waals surface area contributed by atoms with Crippen LogP contribution in [0.2, 0.25) is 0 Å². The fraction of sp³-hybridized carbons (Fsp3) is 0.571. The Morgan fingerprint density at radius 1 is 1.17 bits per heavy atom. The Bertz CT molecular complexity index is 417. The van der Waals surface area contributed by atoms with E-state index in [1.54, 1.807) is 14.2 Å². The average molecular weight is 314 g/mol. The summed E-state index contributed by atoms with van der Waals surface area (Å²) in [6.07, 6.45) is 5.04. The lowest BCUT2D eigenvalue weighted by molar-refractivity contribution is 0.352. The molecule has 2 N–H and O–H groups in total. The lowest BCUT2D eigenvalue weighted by atomic mass is 9.92. The van der Waals surface area contributed by atoms with Gasteiger partial charge in [0.25, 0.3) is 0 Å². The molecule has 0 aliphatic heterocycles. The van der Waals surface area contributed by atoms with E-state index in [0.29, 0.717) is 5.92 Å². The second-order valence-electron chi connectivity index (χ2n) is 4.80. The zero-order valence-corrected chi connectivity index (χ0v) is 12.5. The van der Waals surface area contributed by atoms with Crippen molar-refractivity contribution in [3.05, 3.63) is 22.2 Å². The van der Waals surface area contributed by atoms with Gasteiger partial charge in [-0.25, -0.2) is 0 Å². The maximum Gasteiger partial charge on any atom is 0.161 e. The van der Waals surface area contributed by atoms with E-state index in [1.165, 1.54) is 25.7 Å². The summed E-state index contributed by atoms with van der Waals surface area (Å²) >= 11 is 3.58. The Labute approximate surface area is 117 Å². The van der Waals surface area contributed by atoms with Crippen molar-refractivity contribution in [3.63, 3.8) is 0 Å². The van der Waals surface area contributed by atoms with Gasteiger partial charge in [0.2, 0.25) is 0 Å². The third-order valence-electron chi connectivity index (χ3n) is 3.77. The van der Waals surface area contributed by atoms with Crippen LogP contribution in [-0.4, -0.2) is 14.2 Å². The molecule has 3 nitrogen and oxygen atoms in total. The predicted octanol–water partition coefficient (Wildman–Crippen LogP) is 3.66. The van der Waals surface area contributed by atoms with Crippen molar-refractivity contribution < 1.29 is 9.47 Å². The highest BCUT2D eigenvalue weighted by Gasteiger charge is 2.25. The van der Waals surface area contributed by atoms with Crippen LogP contribution in [0.4, 0.5) is 0 Å². The molecule has 1 aromatic rings. The molecular weight excluding hydrogens is 294 g/mol. The zero-order valence-electron chi connectivity index (χ0n) is 10.9. The van der Waals surface area contributed by atoms with E-state index in [-0.39, 0.29) is 6.04 Å². The van der Waals surface area contributed by atoms with Crippen LogP contribution in [0, 0.1) is 5.92 Å². The molecular formula is C14H20BrNO2. The third-order valence-corrected chi connectivity index (χ3v) is 4.46. The van der Waals surface area contributed by atoms with Crippen LogP contribution in [0.5, 0.6) is 11.5 Å². The molecule has 1 saturated carbocycles. The summed E-state index contributed by atoms with van der Waals surface area (Å²) in [5.74, 6) is 2.05. The number of nitrogens with two attached hydrogens (primary N) is 1. The normalized spacial score (nSPS) is 17.8. The maximum absolute atomic E-state index is 6.39. The number of benzene rings is 1. The van der Waals surface area contributed by atoms with E-state index in [2.05, 4.69) is 15.9 Å². The second kappa shape index (κ2) is 5.93. The third kappa shape index (κ3) is 2.64. The molecule has 0 saturated heterocycles. The number of halogens is 1. The first kappa shape index (κ1) is 13.7. The summed E-state index contributed by atoms with van der Waals surface area (Å²) in [6, 6.07) is 4.00. The van der Waals surface area contributed by atoms with Gasteiger partial charge in [-0.15, -0.1) is 0 Å². The minimum absolute atomic E-state index is 0.0710. The van der Waals surface area contributed by atoms with Crippen LogP contribution in [0.1, 0.15) is 37.3 Å². The van der Waals surface area contributed by atoms with E-state index < -0.39 is 0 Å². The molecule has 0 aromatic heterocycles. The van der Waals surface area contributed by atoms with E-state index in [4.69, 9.17) is 15.2 Å². The largest absolute Gasteiger partial charge is 0.493 e. The van der Waals surface area contributed by atoms with Crippen LogP contribution in [0.3, 0.4) is 0 Å². The quantitative estimate of drug-likeness (QED) is 0.922. The standard InChI is InChI=1S/C14H20BrNO2/c1-17-12-7-10(11(15)8-13(12)18-2)14(16)9-5-3-4-6-9/h7-9,14H,3-6,16H2,1-2H3/t14-/m0/s1. The van der Waals surface area contributed by atoms with Crippen LogP contribution in [-0.2, 0) is 0 Å². The van der Waals surface area contributed by atoms with Crippen molar-refractivity contribution in [2.24, 2.45) is 11.7 Å². The molecule has 1 atom stereocenters. The Morgan fingerprint density at radius 2 is 1.72 bits per heavy atom. The fourth-order valence-electron chi connectivity index (χ4n) is 2.70. The monoisotopic (exact) mass is 313 g/mol. The van der Waals surface area contributed by atoms with Gasteiger partial charge >= 0.3 is 0 Å². The molecule has 0 amide bonds. The Balaban J connectivity index is 2.31. The number of rotatable bonds is 4. The Hall–Kier alpha value is -0.740. The molecule has 0 bridgehead atoms. The lowest BCUT2D eigenvalue weighted by Gasteiger charge is -2.22. The number of ether oxygens (including phenoxy) is 2. The maximum atomic E-state index is 6.39. The first-order valence-electron chi connectivity index (χ1n) is 6.34. The van der Waals surface area contributed by atoms with Gasteiger partial charge in [0.05, 0.1) is 14.2 Å². The van der Waals surface area contributed by atoms with Crippen LogP contribution in [0.25, 0.3) is 0 Å². The summed E-state index contributed by atoms with van der Waals surface area (Å²) in [5.41, 5.74) is 7.50. The highest BCUT2D eigenvalue weighted by Crippen LogP contribution is 2.41. The van der Waals surface area contributed by atoms with Gasteiger partial charge in [-0.2, -0.15) is 0 Å². The molecule has 0 heterocycles. The number of hydrogen-bond acceptors (Lipinski definition) is 3. The molecule has 1 fully saturated rings. The second-order valence-corrected chi connectivity index (χ2v) is 5.65. The SMILES string of the molecule is COc1cc(Br)c([C@@H](N)C2CCCC2)cc1OC. The van der Waals surface area contributed by atoms with E-state index in [1.807, 2.05) is 12.1 Å². The molecule has 1 aliphatic rings. The van der Waals surface area contributed by atoms with E-state index in [9.17, 15) is 0 Å². The molecule has 0 unspecified atom stereocenters. The van der Waals surface area contributed by atoms with Gasteiger partial charge in [-0.05, 0) is 36.5 Å². The highest BCUT2D eigenvalue weighted by molar-refractivity contribution is 9.10. The minimum Gasteiger partial charge on any atom is -0.493 e. The number of hydrogen-bond donors (Lipinski definition) is 1. The molecule has 1 aliphatic carbocycles. The average Bonchev–Trinajstić information content (AvgIpc) is 2.91. The predicted molar refractivity (Wildman–Crippen MR) is 76.1 cm³/mol. The zero-order chi connectivity index (χ0) is 13.1. The molecule has 1 aromatic carbocycles. The van der Waals surface area contributed by atoms with Crippen molar-refractivity contribution in [2.45, 2.75) is 31.7 Å². The fourth-order valence-corrected chi connectivity index (χ4v) is 3.28. The minimum atomic E-state index is 0.0710. The van der Waals surface area contributed by atoms with Crippen molar-refractivity contribution in [3.8, 4) is 11.5 Å². The van der Waals surface area contributed by atoms with Crippen molar-refractivity contribution >= 4 is 15.9 Å². The van der Waals surface area contributed by atoms with Gasteiger partial charge in [0.15, 0.2) is 11.5 Å². The van der Waals surface area contributed by atoms with Gasteiger partial charge < -0.3 is 15.2 Å². The lowest BCUT2D eigenvalue weighted by Crippen LogP contribution is -2.19. The van der Waals surface area contributed by atoms with Crippen molar-refractivity contribution in [1.29, 1.82) is 0 Å². The molecule has 18 heavy (non-hydrogen) atoms. The van der Waals surface area contributed by atoms with Crippen molar-refractivity contribution in [1.82, 2.24) is 0 Å². The number of methoxy groups -OCH3 is 2. The topological polar surface area (TPSA) is 44.5 Å². The van der Waals surface area contributed by atoms with E-state index in [0.717, 1.165) is 21.5 Å². The van der Waals surface area contributed by atoms with Gasteiger partial charge in [-0.3, -0.25) is 0 Å². The summed E-state index contributed by atoms with van der Waals surface area (Å²) in [4.78, 5) is 0. The van der Waals surface area contributed by atoms with E-state index >= 15 is 0 Å². The first-order valence-corrected chi connectivity index (χ1v) is 7.13. The first-order chi connectivity index (χ1) is 8.67. The molecule has 0 radical (unpaired) electrons. The Morgan fingerprint density at radius 3 is 2.28 bits per heavy atom. The molecule has 2 rings (SSSR count). The molecule has 0 spiro atoms. The van der Waals surface area contributed by atoms with Crippen molar-refractivity contribution in [2.75, 3.05) is 14.2 Å². The Kier molecular flexibility index (Phi) is 4.51. The van der Waals surface area contributed by atoms with Gasteiger partial charge in [0.1, 0.15) is 0 Å². The van der Waals surface area contributed by atoms with Gasteiger partial charge in [-0.1, -0.05) is 28.8 Å². The summed E-state index contributed by atoms with van der Waals surface area (Å²) in [5, 5.41) is 0. The molecule has 4 heteroatoms. The summed E-state index contributed by atoms with van der Waals surface area (Å²) in [7, 11) is 3.29. The van der Waals surface area contributed by atoms with Crippen LogP contribution < -0.4 is 15.2 Å².